The first-order valence-electron chi connectivity index (χ1n) is 4.81. The summed E-state index contributed by atoms with van der Waals surface area (Å²) in [7, 11) is 2.06. The summed E-state index contributed by atoms with van der Waals surface area (Å²) in [5.41, 5.74) is 0.00130. The number of carboxylic acid groups (broad SMARTS) is 1. The second-order valence-corrected chi connectivity index (χ2v) is 4.60. The minimum Gasteiger partial charge on any atom is -0.481 e. The highest BCUT2D eigenvalue weighted by molar-refractivity contribution is 5.70. The first-order chi connectivity index (χ1) is 5.87. The summed E-state index contributed by atoms with van der Waals surface area (Å²) in [6, 6.07) is 0. The standard InChI is InChI=1S/C10H19NO2/c1-7-8(9(12)13)5-6-11(4)10(7,2)3/h7-8H,5-6H2,1-4H3,(H,12,13). The summed E-state index contributed by atoms with van der Waals surface area (Å²) in [5, 5.41) is 9.01. The molecule has 1 N–H and O–H groups in total. The van der Waals surface area contributed by atoms with Crippen LogP contribution in [0.1, 0.15) is 27.2 Å². The van der Waals surface area contributed by atoms with E-state index in [0.29, 0.717) is 0 Å². The zero-order valence-corrected chi connectivity index (χ0v) is 8.87. The first-order valence-corrected chi connectivity index (χ1v) is 4.81. The molecule has 2 atom stereocenters. The van der Waals surface area contributed by atoms with E-state index in [4.69, 9.17) is 5.11 Å². The number of hydrogen-bond donors (Lipinski definition) is 1. The van der Waals surface area contributed by atoms with Crippen LogP contribution in [0.15, 0.2) is 0 Å². The van der Waals surface area contributed by atoms with Crippen LogP contribution in [0.25, 0.3) is 0 Å². The van der Waals surface area contributed by atoms with Gasteiger partial charge in [0.2, 0.25) is 0 Å². The van der Waals surface area contributed by atoms with Crippen LogP contribution in [-0.2, 0) is 4.79 Å². The molecule has 76 valence electrons. The lowest BCUT2D eigenvalue weighted by atomic mass is 9.73. The third-order valence-corrected chi connectivity index (χ3v) is 3.79. The topological polar surface area (TPSA) is 40.5 Å². The molecule has 1 saturated heterocycles. The van der Waals surface area contributed by atoms with Crippen LogP contribution in [0.4, 0.5) is 0 Å². The van der Waals surface area contributed by atoms with Gasteiger partial charge in [-0.25, -0.2) is 0 Å². The Morgan fingerprint density at radius 2 is 2.08 bits per heavy atom. The van der Waals surface area contributed by atoms with E-state index in [1.54, 1.807) is 0 Å². The van der Waals surface area contributed by atoms with Crippen LogP contribution in [0.2, 0.25) is 0 Å². The Labute approximate surface area is 79.7 Å². The highest BCUT2D eigenvalue weighted by Crippen LogP contribution is 2.35. The largest absolute Gasteiger partial charge is 0.481 e. The summed E-state index contributed by atoms with van der Waals surface area (Å²) < 4.78 is 0. The maximum Gasteiger partial charge on any atom is 0.306 e. The molecule has 0 bridgehead atoms. The van der Waals surface area contributed by atoms with E-state index < -0.39 is 5.97 Å². The smallest absolute Gasteiger partial charge is 0.306 e. The van der Waals surface area contributed by atoms with Crippen LogP contribution >= 0.6 is 0 Å². The third-order valence-electron chi connectivity index (χ3n) is 3.79. The van der Waals surface area contributed by atoms with Crippen molar-refractivity contribution in [3.8, 4) is 0 Å². The summed E-state index contributed by atoms with van der Waals surface area (Å²) in [4.78, 5) is 13.2. The van der Waals surface area contributed by atoms with Gasteiger partial charge >= 0.3 is 5.97 Å². The van der Waals surface area contributed by atoms with E-state index in [-0.39, 0.29) is 17.4 Å². The molecule has 0 radical (unpaired) electrons. The molecule has 3 nitrogen and oxygen atoms in total. The quantitative estimate of drug-likeness (QED) is 0.672. The average Bonchev–Trinajstić information content (AvgIpc) is 2.01. The normalized spacial score (nSPS) is 34.5. The lowest BCUT2D eigenvalue weighted by Gasteiger charge is -2.47. The van der Waals surface area contributed by atoms with E-state index in [9.17, 15) is 4.79 Å². The average molecular weight is 185 g/mol. The predicted molar refractivity (Wildman–Crippen MR) is 51.6 cm³/mol. The Morgan fingerprint density at radius 1 is 1.54 bits per heavy atom. The van der Waals surface area contributed by atoms with Gasteiger partial charge in [0.25, 0.3) is 0 Å². The van der Waals surface area contributed by atoms with Gasteiger partial charge in [-0.3, -0.25) is 4.79 Å². The zero-order valence-electron chi connectivity index (χ0n) is 8.87. The summed E-state index contributed by atoms with van der Waals surface area (Å²) >= 11 is 0. The van der Waals surface area contributed by atoms with Crippen LogP contribution in [0.3, 0.4) is 0 Å². The molecule has 0 spiro atoms. The fourth-order valence-corrected chi connectivity index (χ4v) is 2.05. The molecule has 0 aliphatic carbocycles. The van der Waals surface area contributed by atoms with Crippen molar-refractivity contribution in [3.63, 3.8) is 0 Å². The van der Waals surface area contributed by atoms with Crippen LogP contribution in [0, 0.1) is 11.8 Å². The molecule has 0 aromatic rings. The zero-order chi connectivity index (χ0) is 10.2. The molecule has 3 heteroatoms. The lowest BCUT2D eigenvalue weighted by Crippen LogP contribution is -2.55. The maximum atomic E-state index is 10.9. The van der Waals surface area contributed by atoms with Gasteiger partial charge in [0.1, 0.15) is 0 Å². The molecule has 2 unspecified atom stereocenters. The summed E-state index contributed by atoms with van der Waals surface area (Å²) in [6.07, 6.45) is 0.774. The Bertz CT molecular complexity index is 213. The van der Waals surface area contributed by atoms with Gasteiger partial charge in [-0.1, -0.05) is 6.92 Å². The van der Waals surface area contributed by atoms with E-state index >= 15 is 0 Å². The van der Waals surface area contributed by atoms with E-state index in [1.165, 1.54) is 0 Å². The number of hydrogen-bond acceptors (Lipinski definition) is 2. The van der Waals surface area contributed by atoms with Gasteiger partial charge in [-0.05, 0) is 39.8 Å². The van der Waals surface area contributed by atoms with Crippen molar-refractivity contribution >= 4 is 5.97 Å². The highest BCUT2D eigenvalue weighted by Gasteiger charge is 2.42. The maximum absolute atomic E-state index is 10.9. The predicted octanol–water partition coefficient (Wildman–Crippen LogP) is 1.44. The number of piperidine rings is 1. The first kappa shape index (κ1) is 10.5. The molecular weight excluding hydrogens is 166 g/mol. The Hall–Kier alpha value is -0.570. The molecule has 1 heterocycles. The number of nitrogens with zero attached hydrogens (tertiary/aromatic N) is 1. The van der Waals surface area contributed by atoms with Crippen LogP contribution in [0.5, 0.6) is 0 Å². The second kappa shape index (κ2) is 3.29. The monoisotopic (exact) mass is 185 g/mol. The van der Waals surface area contributed by atoms with Crippen LogP contribution < -0.4 is 0 Å². The highest BCUT2D eigenvalue weighted by atomic mass is 16.4. The van der Waals surface area contributed by atoms with Crippen molar-refractivity contribution in [1.82, 2.24) is 4.90 Å². The van der Waals surface area contributed by atoms with Gasteiger partial charge in [-0.2, -0.15) is 0 Å². The molecule has 0 aromatic heterocycles. The third kappa shape index (κ3) is 1.70. The van der Waals surface area contributed by atoms with Crippen molar-refractivity contribution < 1.29 is 9.90 Å². The number of carboxylic acids is 1. The number of rotatable bonds is 1. The molecule has 0 saturated carbocycles. The van der Waals surface area contributed by atoms with E-state index in [2.05, 4.69) is 25.8 Å². The fourth-order valence-electron chi connectivity index (χ4n) is 2.05. The van der Waals surface area contributed by atoms with Crippen molar-refractivity contribution in [2.24, 2.45) is 11.8 Å². The minimum atomic E-state index is -0.645. The summed E-state index contributed by atoms with van der Waals surface area (Å²) in [6.45, 7) is 7.16. The molecule has 0 aromatic carbocycles. The molecule has 1 fully saturated rings. The van der Waals surface area contributed by atoms with Gasteiger partial charge < -0.3 is 10.0 Å². The van der Waals surface area contributed by atoms with Gasteiger partial charge in [-0.15, -0.1) is 0 Å². The molecule has 1 rings (SSSR count). The second-order valence-electron chi connectivity index (χ2n) is 4.60. The van der Waals surface area contributed by atoms with Crippen LogP contribution in [-0.4, -0.2) is 35.1 Å². The molecule has 1 aliphatic heterocycles. The minimum absolute atomic E-state index is 0.00130. The number of carbonyl (C=O) groups is 1. The Kier molecular flexibility index (Phi) is 2.66. The molecule has 13 heavy (non-hydrogen) atoms. The van der Waals surface area contributed by atoms with Crippen molar-refractivity contribution in [1.29, 1.82) is 0 Å². The van der Waals surface area contributed by atoms with E-state index in [1.807, 2.05) is 6.92 Å². The van der Waals surface area contributed by atoms with Crippen molar-refractivity contribution in [2.45, 2.75) is 32.7 Å². The van der Waals surface area contributed by atoms with Gasteiger partial charge in [0.05, 0.1) is 5.92 Å². The van der Waals surface area contributed by atoms with Gasteiger partial charge in [0.15, 0.2) is 0 Å². The molecular formula is C10H19NO2. The SMILES string of the molecule is CC1C(C(=O)O)CCN(C)C1(C)C. The van der Waals surface area contributed by atoms with Crippen molar-refractivity contribution in [3.05, 3.63) is 0 Å². The van der Waals surface area contributed by atoms with E-state index in [0.717, 1.165) is 13.0 Å². The van der Waals surface area contributed by atoms with Gasteiger partial charge in [0, 0.05) is 5.54 Å². The molecule has 1 aliphatic rings. The Morgan fingerprint density at radius 3 is 2.54 bits per heavy atom. The lowest BCUT2D eigenvalue weighted by molar-refractivity contribution is -0.148. The molecule has 0 amide bonds. The fraction of sp³-hybridized carbons (Fsp3) is 0.900. The number of aliphatic carboxylic acids is 1. The van der Waals surface area contributed by atoms with Crippen molar-refractivity contribution in [2.75, 3.05) is 13.6 Å². The Balaban J connectivity index is 2.82. The number of likely N-dealkylation sites (tertiary alicyclic amines) is 1. The summed E-state index contributed by atoms with van der Waals surface area (Å²) in [5.74, 6) is -0.608.